The van der Waals surface area contributed by atoms with Crippen molar-refractivity contribution >= 4 is 17.9 Å². The number of nitrogens with zero attached hydrogens (tertiary/aromatic N) is 2. The fourth-order valence-corrected chi connectivity index (χ4v) is 1.54. The van der Waals surface area contributed by atoms with E-state index in [1.54, 1.807) is 0 Å². The van der Waals surface area contributed by atoms with E-state index in [-0.39, 0.29) is 11.9 Å². The average Bonchev–Trinajstić information content (AvgIpc) is 2.34. The second-order valence-corrected chi connectivity index (χ2v) is 4.31. The van der Waals surface area contributed by atoms with Gasteiger partial charge in [0.1, 0.15) is 6.04 Å². The van der Waals surface area contributed by atoms with Crippen LogP contribution < -0.4 is 28.3 Å². The number of unbranched alkanes of at least 4 members (excludes halogenated alkanes) is 1. The molecule has 0 saturated carbocycles. The van der Waals surface area contributed by atoms with Crippen molar-refractivity contribution in [3.05, 3.63) is 0 Å². The van der Waals surface area contributed by atoms with E-state index in [9.17, 15) is 4.79 Å². The first-order valence-corrected chi connectivity index (χ1v) is 6.50. The summed E-state index contributed by atoms with van der Waals surface area (Å²) >= 11 is 0. The zero-order chi connectivity index (χ0) is 15.4. The van der Waals surface area contributed by atoms with Gasteiger partial charge in [0.2, 0.25) is 0 Å². The molecule has 0 amide bonds. The van der Waals surface area contributed by atoms with Crippen LogP contribution in [0.4, 0.5) is 0 Å². The zero-order valence-electron chi connectivity index (χ0n) is 11.6. The number of carbonyl (C=O) groups is 1. The first kappa shape index (κ1) is 18.0. The van der Waals surface area contributed by atoms with E-state index < -0.39 is 12.0 Å². The predicted octanol–water partition coefficient (Wildman–Crippen LogP) is -1.86. The third kappa shape index (κ3) is 11.1. The first-order valence-electron chi connectivity index (χ1n) is 6.50. The highest BCUT2D eigenvalue weighted by Crippen LogP contribution is 2.02. The van der Waals surface area contributed by atoms with Gasteiger partial charge in [-0.25, -0.2) is 0 Å². The summed E-state index contributed by atoms with van der Waals surface area (Å²) in [6, 6.07) is -0.576. The molecule has 0 aliphatic heterocycles. The molecule has 10 N–H and O–H groups in total. The van der Waals surface area contributed by atoms with E-state index in [0.717, 1.165) is 12.8 Å². The number of hydrogen-bond acceptors (Lipinski definition) is 4. The maximum absolute atomic E-state index is 11.0. The van der Waals surface area contributed by atoms with Gasteiger partial charge in [-0.05, 0) is 32.2 Å². The Hall–Kier alpha value is -2.03. The van der Waals surface area contributed by atoms with Crippen molar-refractivity contribution in [1.82, 2.24) is 5.32 Å². The number of carboxylic acids is 1. The second kappa shape index (κ2) is 10.9. The quantitative estimate of drug-likeness (QED) is 0.146. The molecule has 1 atom stereocenters. The molecule has 0 heterocycles. The van der Waals surface area contributed by atoms with Gasteiger partial charge in [0.25, 0.3) is 0 Å². The van der Waals surface area contributed by atoms with Crippen molar-refractivity contribution < 1.29 is 9.90 Å². The van der Waals surface area contributed by atoms with Crippen LogP contribution in [0, 0.1) is 0 Å². The van der Waals surface area contributed by atoms with Crippen LogP contribution in [-0.2, 0) is 4.79 Å². The Morgan fingerprint density at radius 3 is 2.05 bits per heavy atom. The normalized spacial score (nSPS) is 11.6. The summed E-state index contributed by atoms with van der Waals surface area (Å²) in [5, 5.41) is 12.0. The third-order valence-corrected chi connectivity index (χ3v) is 2.51. The molecule has 0 unspecified atom stereocenters. The van der Waals surface area contributed by atoms with E-state index >= 15 is 0 Å². The summed E-state index contributed by atoms with van der Waals surface area (Å²) in [7, 11) is 0. The maximum Gasteiger partial charge on any atom is 0.320 e. The molecule has 0 bridgehead atoms. The van der Waals surface area contributed by atoms with Crippen molar-refractivity contribution in [2.24, 2.45) is 32.9 Å². The lowest BCUT2D eigenvalue weighted by Gasteiger charge is -2.13. The molecule has 9 heteroatoms. The van der Waals surface area contributed by atoms with Gasteiger partial charge in [0.15, 0.2) is 11.9 Å². The van der Waals surface area contributed by atoms with Gasteiger partial charge in [-0.1, -0.05) is 0 Å². The highest BCUT2D eigenvalue weighted by Gasteiger charge is 2.15. The van der Waals surface area contributed by atoms with E-state index in [1.165, 1.54) is 0 Å². The van der Waals surface area contributed by atoms with Crippen LogP contribution >= 0.6 is 0 Å². The van der Waals surface area contributed by atoms with Gasteiger partial charge in [-0.2, -0.15) is 0 Å². The minimum Gasteiger partial charge on any atom is -0.480 e. The summed E-state index contributed by atoms with van der Waals surface area (Å²) in [6.07, 6.45) is 2.68. The molecule has 0 spiro atoms. The van der Waals surface area contributed by atoms with Crippen LogP contribution in [0.15, 0.2) is 9.98 Å². The molecule has 0 aliphatic rings. The molecule has 0 radical (unpaired) electrons. The topological polar surface area (TPSA) is 178 Å². The highest BCUT2D eigenvalue weighted by molar-refractivity contribution is 5.76. The van der Waals surface area contributed by atoms with Gasteiger partial charge in [-0.15, -0.1) is 0 Å². The lowest BCUT2D eigenvalue weighted by atomic mass is 10.1. The number of carboxylic acid groups (broad SMARTS) is 1. The molecule has 0 saturated heterocycles. The smallest absolute Gasteiger partial charge is 0.320 e. The van der Waals surface area contributed by atoms with Crippen LogP contribution in [-0.4, -0.2) is 48.7 Å². The van der Waals surface area contributed by atoms with Crippen molar-refractivity contribution in [3.8, 4) is 0 Å². The number of guanidine groups is 2. The molecule has 0 aromatic heterocycles. The van der Waals surface area contributed by atoms with E-state index in [0.29, 0.717) is 32.5 Å². The predicted molar refractivity (Wildman–Crippen MR) is 79.2 cm³/mol. The summed E-state index contributed by atoms with van der Waals surface area (Å²) in [5.74, 6) is -0.772. The van der Waals surface area contributed by atoms with Crippen LogP contribution in [0.5, 0.6) is 0 Å². The number of nitrogens with one attached hydrogen (secondary N) is 1. The number of hydrogen-bond donors (Lipinski definition) is 6. The number of aliphatic carboxylic acids is 1. The molecular formula is C11H25N7O2. The Morgan fingerprint density at radius 2 is 1.55 bits per heavy atom. The summed E-state index contributed by atoms with van der Waals surface area (Å²) in [6.45, 7) is 1.53. The number of rotatable bonds is 11. The average molecular weight is 287 g/mol. The number of aliphatic imine (C=N–C) groups is 2. The van der Waals surface area contributed by atoms with Crippen LogP contribution in [0.1, 0.15) is 25.7 Å². The van der Waals surface area contributed by atoms with Gasteiger partial charge in [-0.3, -0.25) is 14.8 Å². The molecule has 9 nitrogen and oxygen atoms in total. The Balaban J connectivity index is 3.79. The largest absolute Gasteiger partial charge is 0.480 e. The molecule has 0 fully saturated rings. The van der Waals surface area contributed by atoms with Crippen LogP contribution in [0.2, 0.25) is 0 Å². The van der Waals surface area contributed by atoms with Gasteiger partial charge < -0.3 is 33.4 Å². The number of nitrogens with two attached hydrogens (primary N) is 4. The maximum atomic E-state index is 11.0. The van der Waals surface area contributed by atoms with Crippen molar-refractivity contribution in [2.75, 3.05) is 19.6 Å². The summed E-state index contributed by atoms with van der Waals surface area (Å²) < 4.78 is 0. The van der Waals surface area contributed by atoms with Gasteiger partial charge in [0.05, 0.1) is 0 Å². The lowest BCUT2D eigenvalue weighted by molar-refractivity contribution is -0.139. The molecule has 0 aliphatic carbocycles. The molecule has 0 aromatic rings. The molecule has 0 rings (SSSR count). The molecular weight excluding hydrogens is 262 g/mol. The SMILES string of the molecule is NC(N)=NCCCC[C@H](NCCCN=C(N)N)C(=O)O. The van der Waals surface area contributed by atoms with Crippen molar-refractivity contribution in [3.63, 3.8) is 0 Å². The zero-order valence-corrected chi connectivity index (χ0v) is 11.6. The first-order chi connectivity index (χ1) is 9.43. The van der Waals surface area contributed by atoms with Gasteiger partial charge >= 0.3 is 5.97 Å². The van der Waals surface area contributed by atoms with Crippen molar-refractivity contribution in [2.45, 2.75) is 31.7 Å². The van der Waals surface area contributed by atoms with E-state index in [1.807, 2.05) is 0 Å². The van der Waals surface area contributed by atoms with Crippen molar-refractivity contribution in [1.29, 1.82) is 0 Å². The summed E-state index contributed by atoms with van der Waals surface area (Å²) in [4.78, 5) is 18.7. The standard InChI is InChI=1S/C11H25N7O2/c12-10(13)17-5-2-1-4-8(9(19)20)16-6-3-7-18-11(14)15/h8,16H,1-7H2,(H,19,20)(H4,12,13,17)(H4,14,15,18)/t8-/m0/s1. The molecule has 116 valence electrons. The minimum atomic E-state index is -0.867. The fraction of sp³-hybridized carbons (Fsp3) is 0.727. The summed E-state index contributed by atoms with van der Waals surface area (Å²) in [5.41, 5.74) is 20.7. The van der Waals surface area contributed by atoms with Gasteiger partial charge in [0, 0.05) is 13.1 Å². The Kier molecular flexibility index (Phi) is 9.75. The molecule has 0 aromatic carbocycles. The Morgan fingerprint density at radius 1 is 1.00 bits per heavy atom. The minimum absolute atomic E-state index is 0.0412. The molecule has 20 heavy (non-hydrogen) atoms. The Bertz CT molecular complexity index is 310. The Labute approximate surface area is 118 Å². The fourth-order valence-electron chi connectivity index (χ4n) is 1.54. The van der Waals surface area contributed by atoms with E-state index in [2.05, 4.69) is 15.3 Å². The van der Waals surface area contributed by atoms with E-state index in [4.69, 9.17) is 28.0 Å². The highest BCUT2D eigenvalue weighted by atomic mass is 16.4. The monoisotopic (exact) mass is 287 g/mol. The van der Waals surface area contributed by atoms with Crippen LogP contribution in [0.25, 0.3) is 0 Å². The third-order valence-electron chi connectivity index (χ3n) is 2.51. The lowest BCUT2D eigenvalue weighted by Crippen LogP contribution is -2.37. The van der Waals surface area contributed by atoms with Crippen LogP contribution in [0.3, 0.4) is 0 Å². The second-order valence-electron chi connectivity index (χ2n) is 4.31.